The van der Waals surface area contributed by atoms with Crippen LogP contribution in [0.3, 0.4) is 0 Å². The fraction of sp³-hybridized carbons (Fsp3) is 0.250. The SMILES string of the molecule is CNC(CCc1ccc(Cl)cc1F)c1ccccc1. The fourth-order valence-electron chi connectivity index (χ4n) is 2.19. The summed E-state index contributed by atoms with van der Waals surface area (Å²) in [7, 11) is 1.93. The minimum atomic E-state index is -0.226. The largest absolute Gasteiger partial charge is 0.313 e. The smallest absolute Gasteiger partial charge is 0.127 e. The number of nitrogens with one attached hydrogen (secondary N) is 1. The highest BCUT2D eigenvalue weighted by atomic mass is 35.5. The molecule has 1 unspecified atom stereocenters. The van der Waals surface area contributed by atoms with Crippen LogP contribution in [0.15, 0.2) is 48.5 Å². The van der Waals surface area contributed by atoms with Gasteiger partial charge in [-0.05, 0) is 43.1 Å². The minimum absolute atomic E-state index is 0.226. The number of rotatable bonds is 5. The predicted octanol–water partition coefficient (Wildman–Crippen LogP) is 4.37. The van der Waals surface area contributed by atoms with E-state index < -0.39 is 0 Å². The van der Waals surface area contributed by atoms with Gasteiger partial charge < -0.3 is 5.32 Å². The lowest BCUT2D eigenvalue weighted by molar-refractivity contribution is 0.534. The molecule has 0 aliphatic carbocycles. The molecule has 2 aromatic rings. The topological polar surface area (TPSA) is 12.0 Å². The second-order valence-corrected chi connectivity index (χ2v) is 4.96. The predicted molar refractivity (Wildman–Crippen MR) is 78.0 cm³/mol. The van der Waals surface area contributed by atoms with Crippen molar-refractivity contribution >= 4 is 11.6 Å². The van der Waals surface area contributed by atoms with Crippen molar-refractivity contribution < 1.29 is 4.39 Å². The normalized spacial score (nSPS) is 12.4. The summed E-state index contributed by atoms with van der Waals surface area (Å²) in [6.07, 6.45) is 1.53. The molecule has 2 aromatic carbocycles. The van der Waals surface area contributed by atoms with E-state index in [2.05, 4.69) is 17.4 Å². The number of benzene rings is 2. The summed E-state index contributed by atoms with van der Waals surface area (Å²) in [5, 5.41) is 3.71. The van der Waals surface area contributed by atoms with Crippen molar-refractivity contribution in [2.24, 2.45) is 0 Å². The van der Waals surface area contributed by atoms with Crippen LogP contribution in [0.25, 0.3) is 0 Å². The van der Waals surface area contributed by atoms with Crippen molar-refractivity contribution in [3.63, 3.8) is 0 Å². The third kappa shape index (κ3) is 3.79. The van der Waals surface area contributed by atoms with Gasteiger partial charge in [0.25, 0.3) is 0 Å². The van der Waals surface area contributed by atoms with Gasteiger partial charge >= 0.3 is 0 Å². The van der Waals surface area contributed by atoms with E-state index in [1.165, 1.54) is 11.6 Å². The van der Waals surface area contributed by atoms with Crippen molar-refractivity contribution in [2.75, 3.05) is 7.05 Å². The molecular weight excluding hydrogens is 261 g/mol. The summed E-state index contributed by atoms with van der Waals surface area (Å²) in [4.78, 5) is 0. The number of hydrogen-bond acceptors (Lipinski definition) is 1. The quantitative estimate of drug-likeness (QED) is 0.856. The molecule has 0 saturated carbocycles. The Kier molecular flexibility index (Phi) is 4.94. The first-order valence-electron chi connectivity index (χ1n) is 6.37. The zero-order valence-corrected chi connectivity index (χ0v) is 11.6. The Bertz CT molecular complexity index is 528. The lowest BCUT2D eigenvalue weighted by Gasteiger charge is -2.16. The Morgan fingerprint density at radius 1 is 1.16 bits per heavy atom. The number of aryl methyl sites for hydroxylation is 1. The zero-order valence-electron chi connectivity index (χ0n) is 10.9. The maximum Gasteiger partial charge on any atom is 0.127 e. The first-order chi connectivity index (χ1) is 9.20. The molecule has 2 rings (SSSR count). The van der Waals surface area contributed by atoms with Gasteiger partial charge in [-0.2, -0.15) is 0 Å². The number of halogens is 2. The van der Waals surface area contributed by atoms with Crippen molar-refractivity contribution in [3.05, 3.63) is 70.5 Å². The van der Waals surface area contributed by atoms with Crippen LogP contribution >= 0.6 is 11.6 Å². The highest BCUT2D eigenvalue weighted by Gasteiger charge is 2.10. The van der Waals surface area contributed by atoms with Gasteiger partial charge in [-0.1, -0.05) is 48.0 Å². The molecule has 0 saturated heterocycles. The van der Waals surface area contributed by atoms with Crippen LogP contribution in [0.1, 0.15) is 23.6 Å². The second kappa shape index (κ2) is 6.69. The monoisotopic (exact) mass is 277 g/mol. The van der Waals surface area contributed by atoms with Crippen LogP contribution in [0.2, 0.25) is 5.02 Å². The maximum atomic E-state index is 13.7. The van der Waals surface area contributed by atoms with E-state index >= 15 is 0 Å². The zero-order chi connectivity index (χ0) is 13.7. The highest BCUT2D eigenvalue weighted by Crippen LogP contribution is 2.21. The third-order valence-electron chi connectivity index (χ3n) is 3.27. The molecule has 0 spiro atoms. The van der Waals surface area contributed by atoms with Gasteiger partial charge in [0.05, 0.1) is 0 Å². The molecule has 0 bridgehead atoms. The van der Waals surface area contributed by atoms with Gasteiger partial charge in [0.15, 0.2) is 0 Å². The fourth-order valence-corrected chi connectivity index (χ4v) is 2.35. The minimum Gasteiger partial charge on any atom is -0.313 e. The lowest BCUT2D eigenvalue weighted by Crippen LogP contribution is -2.17. The average molecular weight is 278 g/mol. The Morgan fingerprint density at radius 2 is 1.89 bits per heavy atom. The van der Waals surface area contributed by atoms with E-state index in [4.69, 9.17) is 11.6 Å². The summed E-state index contributed by atoms with van der Waals surface area (Å²) in [6.45, 7) is 0. The van der Waals surface area contributed by atoms with E-state index in [0.717, 1.165) is 6.42 Å². The molecular formula is C16H17ClFN. The molecule has 0 aliphatic rings. The van der Waals surface area contributed by atoms with Gasteiger partial charge in [-0.15, -0.1) is 0 Å². The molecule has 0 aliphatic heterocycles. The van der Waals surface area contributed by atoms with Crippen LogP contribution in [0.5, 0.6) is 0 Å². The summed E-state index contributed by atoms with van der Waals surface area (Å²) in [5.74, 6) is -0.226. The Morgan fingerprint density at radius 3 is 2.53 bits per heavy atom. The van der Waals surface area contributed by atoms with E-state index in [-0.39, 0.29) is 11.9 Å². The van der Waals surface area contributed by atoms with Crippen molar-refractivity contribution in [3.8, 4) is 0 Å². The van der Waals surface area contributed by atoms with Crippen molar-refractivity contribution in [1.29, 1.82) is 0 Å². The molecule has 3 heteroatoms. The van der Waals surface area contributed by atoms with Crippen LogP contribution in [0, 0.1) is 5.82 Å². The molecule has 0 aromatic heterocycles. The standard InChI is InChI=1S/C16H17ClFN/c1-19-16(13-5-3-2-4-6-13)10-8-12-7-9-14(17)11-15(12)18/h2-7,9,11,16,19H,8,10H2,1H3. The lowest BCUT2D eigenvalue weighted by atomic mass is 9.99. The molecule has 1 N–H and O–H groups in total. The van der Waals surface area contributed by atoms with Crippen LogP contribution in [-0.2, 0) is 6.42 Å². The van der Waals surface area contributed by atoms with Gasteiger partial charge in [0, 0.05) is 11.1 Å². The molecule has 19 heavy (non-hydrogen) atoms. The van der Waals surface area contributed by atoms with E-state index in [9.17, 15) is 4.39 Å². The average Bonchev–Trinajstić information content (AvgIpc) is 2.43. The molecule has 1 atom stereocenters. The summed E-state index contributed by atoms with van der Waals surface area (Å²) in [5.41, 5.74) is 1.93. The molecule has 0 fully saturated rings. The summed E-state index contributed by atoms with van der Waals surface area (Å²) >= 11 is 5.75. The number of hydrogen-bond donors (Lipinski definition) is 1. The Balaban J connectivity index is 2.04. The van der Waals surface area contributed by atoms with Crippen molar-refractivity contribution in [1.82, 2.24) is 5.32 Å². The first kappa shape index (κ1) is 14.0. The van der Waals surface area contributed by atoms with Crippen LogP contribution < -0.4 is 5.32 Å². The van der Waals surface area contributed by atoms with Crippen LogP contribution in [0.4, 0.5) is 4.39 Å². The van der Waals surface area contributed by atoms with Gasteiger partial charge in [-0.25, -0.2) is 4.39 Å². The highest BCUT2D eigenvalue weighted by molar-refractivity contribution is 6.30. The van der Waals surface area contributed by atoms with Gasteiger partial charge in [0.1, 0.15) is 5.82 Å². The van der Waals surface area contributed by atoms with Crippen LogP contribution in [-0.4, -0.2) is 7.05 Å². The molecule has 1 nitrogen and oxygen atoms in total. The second-order valence-electron chi connectivity index (χ2n) is 4.53. The van der Waals surface area contributed by atoms with E-state index in [1.54, 1.807) is 12.1 Å². The summed E-state index contributed by atoms with van der Waals surface area (Å²) < 4.78 is 13.7. The molecule has 0 amide bonds. The first-order valence-corrected chi connectivity index (χ1v) is 6.74. The van der Waals surface area contributed by atoms with Gasteiger partial charge in [0.2, 0.25) is 0 Å². The van der Waals surface area contributed by atoms with E-state index in [0.29, 0.717) is 17.0 Å². The molecule has 0 radical (unpaired) electrons. The summed E-state index contributed by atoms with van der Waals surface area (Å²) in [6, 6.07) is 15.3. The maximum absolute atomic E-state index is 13.7. The van der Waals surface area contributed by atoms with E-state index in [1.807, 2.05) is 25.2 Å². The molecule has 0 heterocycles. The Hall–Kier alpha value is -1.38. The molecule has 100 valence electrons. The Labute approximate surface area is 118 Å². The van der Waals surface area contributed by atoms with Crippen molar-refractivity contribution in [2.45, 2.75) is 18.9 Å². The third-order valence-corrected chi connectivity index (χ3v) is 3.50. The van der Waals surface area contributed by atoms with Gasteiger partial charge in [-0.3, -0.25) is 0 Å².